The molecule has 0 aliphatic rings. The van der Waals surface area contributed by atoms with Gasteiger partial charge in [-0.1, -0.05) is 29.7 Å². The average Bonchev–Trinajstić information content (AvgIpc) is 2.77. The van der Waals surface area contributed by atoms with E-state index in [1.54, 1.807) is 25.2 Å². The number of hydrogen-bond acceptors (Lipinski definition) is 2. The predicted octanol–water partition coefficient (Wildman–Crippen LogP) is 2.04. The highest BCUT2D eigenvalue weighted by atomic mass is 19.1. The van der Waals surface area contributed by atoms with Gasteiger partial charge in [-0.3, -0.25) is 4.68 Å². The summed E-state index contributed by atoms with van der Waals surface area (Å²) in [6.45, 7) is 0. The van der Waals surface area contributed by atoms with Crippen LogP contribution in [0.1, 0.15) is 5.56 Å². The van der Waals surface area contributed by atoms with Crippen LogP contribution in [0.4, 0.5) is 4.39 Å². The Kier molecular flexibility index (Phi) is 2.79. The van der Waals surface area contributed by atoms with Crippen molar-refractivity contribution >= 4 is 24.1 Å². The maximum Gasteiger partial charge on any atom is 0.134 e. The third kappa shape index (κ3) is 1.69. The van der Waals surface area contributed by atoms with Crippen molar-refractivity contribution in [3.63, 3.8) is 0 Å². The summed E-state index contributed by atoms with van der Waals surface area (Å²) in [6, 6.07) is 10.7. The zero-order chi connectivity index (χ0) is 14.3. The molecule has 0 saturated carbocycles. The van der Waals surface area contributed by atoms with E-state index < -0.39 is 5.82 Å². The molecular weight excluding hydrogens is 252 g/mol. The molecule has 3 rings (SSSR count). The second-order valence-corrected chi connectivity index (χ2v) is 4.51. The average molecular weight is 261 g/mol. The third-order valence-corrected chi connectivity index (χ3v) is 3.32. The Morgan fingerprint density at radius 3 is 2.75 bits per heavy atom. The highest BCUT2D eigenvalue weighted by Gasteiger charge is 2.19. The van der Waals surface area contributed by atoms with Gasteiger partial charge >= 0.3 is 0 Å². The van der Waals surface area contributed by atoms with Crippen molar-refractivity contribution in [1.29, 1.82) is 5.26 Å². The van der Waals surface area contributed by atoms with E-state index in [1.165, 1.54) is 16.9 Å². The lowest BCUT2D eigenvalue weighted by Crippen LogP contribution is -2.09. The van der Waals surface area contributed by atoms with Crippen molar-refractivity contribution in [2.75, 3.05) is 0 Å². The molecule has 94 valence electrons. The lowest BCUT2D eigenvalue weighted by molar-refractivity contribution is 0.629. The maximum atomic E-state index is 14.4. The lowest BCUT2D eigenvalue weighted by atomic mass is 9.89. The fraction of sp³-hybridized carbons (Fsp3) is 0.0667. The third-order valence-electron chi connectivity index (χ3n) is 3.32. The second kappa shape index (κ2) is 4.50. The van der Waals surface area contributed by atoms with E-state index in [4.69, 9.17) is 7.85 Å². The van der Waals surface area contributed by atoms with E-state index >= 15 is 0 Å². The number of aromatic nitrogens is 2. The first-order chi connectivity index (χ1) is 9.63. The SMILES string of the molecule is [B]c1cnn(C)c1-c1c(F)cc2ccccc2c1C#N. The Labute approximate surface area is 116 Å². The molecular formula is C15H9BFN3. The van der Waals surface area contributed by atoms with E-state index in [9.17, 15) is 9.65 Å². The van der Waals surface area contributed by atoms with E-state index in [-0.39, 0.29) is 11.1 Å². The summed E-state index contributed by atoms with van der Waals surface area (Å²) >= 11 is 0. The molecule has 0 saturated heterocycles. The Morgan fingerprint density at radius 1 is 1.35 bits per heavy atom. The molecule has 0 aliphatic carbocycles. The first-order valence-electron chi connectivity index (χ1n) is 6.02. The Bertz CT molecular complexity index is 842. The van der Waals surface area contributed by atoms with Gasteiger partial charge in [0.15, 0.2) is 0 Å². The molecule has 0 N–H and O–H groups in total. The molecule has 0 amide bonds. The molecule has 0 bridgehead atoms. The van der Waals surface area contributed by atoms with Crippen LogP contribution in [0.2, 0.25) is 0 Å². The molecule has 1 aromatic heterocycles. The summed E-state index contributed by atoms with van der Waals surface area (Å²) in [6.07, 6.45) is 1.45. The minimum Gasteiger partial charge on any atom is -0.268 e. The number of aryl methyl sites for hydroxylation is 1. The number of fused-ring (bicyclic) bond motifs is 1. The number of hydrogen-bond donors (Lipinski definition) is 0. The highest BCUT2D eigenvalue weighted by Crippen LogP contribution is 2.31. The zero-order valence-corrected chi connectivity index (χ0v) is 10.8. The van der Waals surface area contributed by atoms with Crippen molar-refractivity contribution in [1.82, 2.24) is 9.78 Å². The smallest absolute Gasteiger partial charge is 0.134 e. The number of rotatable bonds is 1. The first kappa shape index (κ1) is 12.4. The zero-order valence-electron chi connectivity index (χ0n) is 10.8. The van der Waals surface area contributed by atoms with Crippen LogP contribution in [0.5, 0.6) is 0 Å². The lowest BCUT2D eigenvalue weighted by Gasteiger charge is -2.11. The molecule has 0 atom stereocenters. The topological polar surface area (TPSA) is 41.6 Å². The van der Waals surface area contributed by atoms with Crippen molar-refractivity contribution in [2.24, 2.45) is 7.05 Å². The number of nitriles is 1. The van der Waals surface area contributed by atoms with Gasteiger partial charge in [0.05, 0.1) is 16.8 Å². The van der Waals surface area contributed by atoms with Gasteiger partial charge in [-0.15, -0.1) is 0 Å². The molecule has 3 nitrogen and oxygen atoms in total. The van der Waals surface area contributed by atoms with Crippen LogP contribution in [0, 0.1) is 17.1 Å². The molecule has 0 fully saturated rings. The predicted molar refractivity (Wildman–Crippen MR) is 76.2 cm³/mol. The number of nitrogens with zero attached hydrogens (tertiary/aromatic N) is 3. The van der Waals surface area contributed by atoms with Gasteiger partial charge in [0.2, 0.25) is 0 Å². The molecule has 5 heteroatoms. The summed E-state index contributed by atoms with van der Waals surface area (Å²) in [5.41, 5.74) is 1.24. The summed E-state index contributed by atoms with van der Waals surface area (Å²) < 4.78 is 15.9. The van der Waals surface area contributed by atoms with Crippen LogP contribution in [0.3, 0.4) is 0 Å². The molecule has 2 aromatic carbocycles. The van der Waals surface area contributed by atoms with Crippen LogP contribution >= 0.6 is 0 Å². The molecule has 0 unspecified atom stereocenters. The summed E-state index contributed by atoms with van der Waals surface area (Å²) in [4.78, 5) is 0. The van der Waals surface area contributed by atoms with Gasteiger partial charge in [0.25, 0.3) is 0 Å². The standard InChI is InChI=1S/C15H9BFN3/c1-20-15(12(16)8-19-20)14-11(7-18)10-5-3-2-4-9(10)6-13(14)17/h2-6,8H,1H3. The van der Waals surface area contributed by atoms with E-state index in [2.05, 4.69) is 11.2 Å². The first-order valence-corrected chi connectivity index (χ1v) is 6.02. The minimum absolute atomic E-state index is 0.198. The van der Waals surface area contributed by atoms with Gasteiger partial charge in [0, 0.05) is 18.6 Å². The van der Waals surface area contributed by atoms with Gasteiger partial charge < -0.3 is 0 Å². The molecule has 1 heterocycles. The van der Waals surface area contributed by atoms with Crippen LogP contribution in [-0.4, -0.2) is 17.6 Å². The second-order valence-electron chi connectivity index (χ2n) is 4.51. The fourth-order valence-electron chi connectivity index (χ4n) is 2.42. The summed E-state index contributed by atoms with van der Waals surface area (Å²) in [5, 5.41) is 14.8. The molecule has 0 aliphatic heterocycles. The summed E-state index contributed by atoms with van der Waals surface area (Å²) in [7, 11) is 7.52. The fourth-order valence-corrected chi connectivity index (χ4v) is 2.42. The van der Waals surface area contributed by atoms with E-state index in [1.807, 2.05) is 6.07 Å². The monoisotopic (exact) mass is 261 g/mol. The Morgan fingerprint density at radius 2 is 2.10 bits per heavy atom. The van der Waals surface area contributed by atoms with Gasteiger partial charge in [-0.05, 0) is 11.5 Å². The largest absolute Gasteiger partial charge is 0.268 e. The minimum atomic E-state index is -0.476. The molecule has 3 aromatic rings. The van der Waals surface area contributed by atoms with Gasteiger partial charge in [-0.2, -0.15) is 10.4 Å². The normalized spacial score (nSPS) is 10.7. The van der Waals surface area contributed by atoms with Crippen molar-refractivity contribution < 1.29 is 4.39 Å². The van der Waals surface area contributed by atoms with Crippen LogP contribution in [0.15, 0.2) is 36.5 Å². The van der Waals surface area contributed by atoms with Crippen molar-refractivity contribution in [3.05, 3.63) is 47.9 Å². The van der Waals surface area contributed by atoms with E-state index in [0.29, 0.717) is 21.9 Å². The molecule has 20 heavy (non-hydrogen) atoms. The van der Waals surface area contributed by atoms with Crippen LogP contribution in [-0.2, 0) is 7.05 Å². The quantitative estimate of drug-likeness (QED) is 0.629. The summed E-state index contributed by atoms with van der Waals surface area (Å²) in [5.74, 6) is -0.476. The number of halogens is 1. The highest BCUT2D eigenvalue weighted by molar-refractivity contribution is 6.35. The van der Waals surface area contributed by atoms with Gasteiger partial charge in [0.1, 0.15) is 19.7 Å². The van der Waals surface area contributed by atoms with Crippen LogP contribution < -0.4 is 5.46 Å². The maximum absolute atomic E-state index is 14.4. The molecule has 2 radical (unpaired) electrons. The number of benzene rings is 2. The Balaban J connectivity index is 2.48. The van der Waals surface area contributed by atoms with Gasteiger partial charge in [-0.25, -0.2) is 4.39 Å². The van der Waals surface area contributed by atoms with Crippen LogP contribution in [0.25, 0.3) is 22.0 Å². The Hall–Kier alpha value is -2.61. The molecule has 0 spiro atoms. The van der Waals surface area contributed by atoms with Crippen molar-refractivity contribution in [3.8, 4) is 17.3 Å². The van der Waals surface area contributed by atoms with E-state index in [0.717, 1.165) is 0 Å². The van der Waals surface area contributed by atoms with Crippen molar-refractivity contribution in [2.45, 2.75) is 0 Å².